The Hall–Kier alpha value is -1.15. The van der Waals surface area contributed by atoms with E-state index in [2.05, 4.69) is 10.4 Å². The number of ether oxygens (including phenoxy) is 1. The summed E-state index contributed by atoms with van der Waals surface area (Å²) in [6.45, 7) is 1.10. The second kappa shape index (κ2) is 4.02. The molecule has 0 aliphatic carbocycles. The van der Waals surface area contributed by atoms with Crippen molar-refractivity contribution in [3.63, 3.8) is 0 Å². The van der Waals surface area contributed by atoms with E-state index in [0.717, 1.165) is 0 Å². The third-order valence-corrected chi connectivity index (χ3v) is 2.76. The Morgan fingerprint density at radius 3 is 2.88 bits per heavy atom. The smallest absolute Gasteiger partial charge is 0.181 e. The van der Waals surface area contributed by atoms with Gasteiger partial charge in [0.15, 0.2) is 6.23 Å². The van der Waals surface area contributed by atoms with Crippen molar-refractivity contribution < 1.29 is 20.1 Å². The third-order valence-electron chi connectivity index (χ3n) is 2.76. The summed E-state index contributed by atoms with van der Waals surface area (Å²) < 4.78 is 5.37. The third kappa shape index (κ3) is 1.67. The van der Waals surface area contributed by atoms with Crippen LogP contribution >= 0.6 is 0 Å². The van der Waals surface area contributed by atoms with E-state index in [4.69, 9.17) is 9.84 Å². The summed E-state index contributed by atoms with van der Waals surface area (Å²) in [5.74, 6) is 0. The second-order valence-electron chi connectivity index (χ2n) is 4.00. The van der Waals surface area contributed by atoms with Crippen LogP contribution in [0.5, 0.6) is 0 Å². The maximum Gasteiger partial charge on any atom is 0.181 e. The summed E-state index contributed by atoms with van der Waals surface area (Å²) in [7, 11) is 0. The molecule has 1 fully saturated rings. The first-order valence-corrected chi connectivity index (χ1v) is 4.97. The molecule has 0 aromatic rings. The molecule has 4 N–H and O–H groups in total. The SMILES string of the molecule is C[C@@]1(O)[C@H](O)[C@@H](CO)O[C@H]1N1C=NC=CN1. The molecule has 0 radical (unpaired) electrons. The Balaban J connectivity index is 2.16. The van der Waals surface area contributed by atoms with Crippen molar-refractivity contribution in [1.29, 1.82) is 0 Å². The van der Waals surface area contributed by atoms with E-state index in [0.29, 0.717) is 0 Å². The summed E-state index contributed by atoms with van der Waals surface area (Å²) in [5, 5.41) is 30.3. The van der Waals surface area contributed by atoms with Gasteiger partial charge < -0.3 is 25.5 Å². The first kappa shape index (κ1) is 11.3. The molecular weight excluding hydrogens is 214 g/mol. The van der Waals surface area contributed by atoms with Gasteiger partial charge in [-0.05, 0) is 6.92 Å². The van der Waals surface area contributed by atoms with Gasteiger partial charge in [-0.25, -0.2) is 10.0 Å². The van der Waals surface area contributed by atoms with Crippen LogP contribution in [0.4, 0.5) is 0 Å². The fraction of sp³-hybridized carbons (Fsp3) is 0.667. The van der Waals surface area contributed by atoms with Crippen LogP contribution in [0.1, 0.15) is 6.92 Å². The van der Waals surface area contributed by atoms with Crippen LogP contribution in [-0.2, 0) is 4.74 Å². The first-order valence-electron chi connectivity index (χ1n) is 4.97. The van der Waals surface area contributed by atoms with Gasteiger partial charge >= 0.3 is 0 Å². The fourth-order valence-corrected chi connectivity index (χ4v) is 1.82. The molecule has 0 bridgehead atoms. The molecule has 90 valence electrons. The minimum absolute atomic E-state index is 0.353. The van der Waals surface area contributed by atoms with Gasteiger partial charge in [0.2, 0.25) is 0 Å². The molecule has 1 saturated heterocycles. The normalized spacial score (nSPS) is 42.5. The lowest BCUT2D eigenvalue weighted by molar-refractivity contribution is -0.120. The number of aliphatic hydroxyl groups excluding tert-OH is 2. The zero-order chi connectivity index (χ0) is 11.8. The number of rotatable bonds is 2. The number of nitrogens with zero attached hydrogens (tertiary/aromatic N) is 2. The number of nitrogens with one attached hydrogen (secondary N) is 1. The molecule has 7 nitrogen and oxygen atoms in total. The molecule has 0 aromatic heterocycles. The Morgan fingerprint density at radius 1 is 1.62 bits per heavy atom. The molecule has 0 amide bonds. The molecule has 0 aromatic carbocycles. The highest BCUT2D eigenvalue weighted by atomic mass is 16.6. The summed E-state index contributed by atoms with van der Waals surface area (Å²) in [5.41, 5.74) is 1.32. The Labute approximate surface area is 92.6 Å². The lowest BCUT2D eigenvalue weighted by atomic mass is 9.96. The van der Waals surface area contributed by atoms with E-state index in [1.807, 2.05) is 0 Å². The summed E-state index contributed by atoms with van der Waals surface area (Å²) in [6, 6.07) is 0. The van der Waals surface area contributed by atoms with E-state index >= 15 is 0 Å². The highest BCUT2D eigenvalue weighted by Gasteiger charge is 2.54. The average molecular weight is 229 g/mol. The standard InChI is InChI=1S/C9H15N3O4/c1-9(15)7(14)6(4-13)16-8(9)12-5-10-2-3-11-12/h2-3,5-8,11,13-15H,4H2,1H3/t6-,7-,8-,9-/m1/s1. The van der Waals surface area contributed by atoms with Crippen molar-refractivity contribution >= 4 is 6.34 Å². The van der Waals surface area contributed by atoms with Crippen LogP contribution in [-0.4, -0.2) is 57.3 Å². The average Bonchev–Trinajstić information content (AvgIpc) is 2.52. The maximum atomic E-state index is 10.1. The Bertz CT molecular complexity index is 318. The largest absolute Gasteiger partial charge is 0.394 e. The molecule has 2 aliphatic heterocycles. The van der Waals surface area contributed by atoms with Crippen molar-refractivity contribution in [2.75, 3.05) is 6.61 Å². The van der Waals surface area contributed by atoms with Crippen LogP contribution in [0.2, 0.25) is 0 Å². The van der Waals surface area contributed by atoms with Gasteiger partial charge in [-0.15, -0.1) is 0 Å². The number of hydrogen-bond donors (Lipinski definition) is 4. The molecule has 2 aliphatic rings. The zero-order valence-electron chi connectivity index (χ0n) is 8.82. The van der Waals surface area contributed by atoms with E-state index < -0.39 is 24.0 Å². The molecule has 4 atom stereocenters. The fourth-order valence-electron chi connectivity index (χ4n) is 1.82. The molecular formula is C9H15N3O4. The Morgan fingerprint density at radius 2 is 2.38 bits per heavy atom. The van der Waals surface area contributed by atoms with Gasteiger partial charge in [0.25, 0.3) is 0 Å². The molecule has 0 saturated carbocycles. The highest BCUT2D eigenvalue weighted by molar-refractivity contribution is 5.57. The van der Waals surface area contributed by atoms with Gasteiger partial charge in [-0.3, -0.25) is 0 Å². The van der Waals surface area contributed by atoms with Gasteiger partial charge in [0.05, 0.1) is 6.61 Å². The predicted octanol–water partition coefficient (Wildman–Crippen LogP) is -1.86. The van der Waals surface area contributed by atoms with Crippen molar-refractivity contribution in [3.05, 3.63) is 12.4 Å². The molecule has 0 unspecified atom stereocenters. The number of hydrogen-bond acceptors (Lipinski definition) is 7. The van der Waals surface area contributed by atoms with Crippen molar-refractivity contribution in [1.82, 2.24) is 10.4 Å². The molecule has 2 heterocycles. The van der Waals surface area contributed by atoms with Crippen LogP contribution in [0.3, 0.4) is 0 Å². The van der Waals surface area contributed by atoms with E-state index in [1.54, 1.807) is 12.4 Å². The van der Waals surface area contributed by atoms with Crippen LogP contribution < -0.4 is 5.43 Å². The zero-order valence-corrected chi connectivity index (χ0v) is 8.82. The van der Waals surface area contributed by atoms with Crippen LogP contribution in [0.15, 0.2) is 17.4 Å². The number of aliphatic hydroxyl groups is 3. The topological polar surface area (TPSA) is 97.5 Å². The first-order chi connectivity index (χ1) is 7.57. The highest BCUT2D eigenvalue weighted by Crippen LogP contribution is 2.32. The van der Waals surface area contributed by atoms with Crippen LogP contribution in [0.25, 0.3) is 0 Å². The number of aliphatic imine (C=N–C) groups is 1. The summed E-state index contributed by atoms with van der Waals surface area (Å²) in [6.07, 6.45) is 1.78. The number of hydrazine groups is 1. The van der Waals surface area contributed by atoms with Gasteiger partial charge in [-0.2, -0.15) is 0 Å². The van der Waals surface area contributed by atoms with Crippen molar-refractivity contribution in [2.24, 2.45) is 4.99 Å². The van der Waals surface area contributed by atoms with E-state index in [-0.39, 0.29) is 6.61 Å². The second-order valence-corrected chi connectivity index (χ2v) is 4.00. The van der Waals surface area contributed by atoms with Gasteiger partial charge in [-0.1, -0.05) is 0 Å². The minimum atomic E-state index is -1.49. The van der Waals surface area contributed by atoms with E-state index in [9.17, 15) is 10.2 Å². The van der Waals surface area contributed by atoms with Gasteiger partial charge in [0.1, 0.15) is 24.1 Å². The molecule has 0 spiro atoms. The summed E-state index contributed by atoms with van der Waals surface area (Å²) >= 11 is 0. The molecule has 2 rings (SSSR count). The van der Waals surface area contributed by atoms with Crippen LogP contribution in [0, 0.1) is 0 Å². The van der Waals surface area contributed by atoms with Crippen molar-refractivity contribution in [2.45, 2.75) is 31.0 Å². The quantitative estimate of drug-likeness (QED) is 0.443. The summed E-state index contributed by atoms with van der Waals surface area (Å²) in [4.78, 5) is 3.87. The maximum absolute atomic E-state index is 10.1. The predicted molar refractivity (Wildman–Crippen MR) is 55.0 cm³/mol. The van der Waals surface area contributed by atoms with E-state index in [1.165, 1.54) is 18.3 Å². The van der Waals surface area contributed by atoms with Crippen molar-refractivity contribution in [3.8, 4) is 0 Å². The Kier molecular flexibility index (Phi) is 2.85. The lowest BCUT2D eigenvalue weighted by Gasteiger charge is -2.34. The molecule has 16 heavy (non-hydrogen) atoms. The lowest BCUT2D eigenvalue weighted by Crippen LogP contribution is -2.56. The monoisotopic (exact) mass is 229 g/mol. The molecule has 7 heteroatoms. The minimum Gasteiger partial charge on any atom is -0.394 e. The van der Waals surface area contributed by atoms with Gasteiger partial charge in [0, 0.05) is 12.4 Å².